The van der Waals surface area contributed by atoms with E-state index in [9.17, 15) is 10.1 Å². The van der Waals surface area contributed by atoms with Gasteiger partial charge in [0.15, 0.2) is 0 Å². The Morgan fingerprint density at radius 2 is 1.83 bits per heavy atom. The quantitative estimate of drug-likeness (QED) is 0.343. The molecule has 0 heterocycles. The summed E-state index contributed by atoms with van der Waals surface area (Å²) in [6.07, 6.45) is 3.55. The van der Waals surface area contributed by atoms with Gasteiger partial charge in [-0.15, -0.1) is 0 Å². The lowest BCUT2D eigenvalue weighted by molar-refractivity contribution is -0.136. The molecule has 0 aliphatic carbocycles. The van der Waals surface area contributed by atoms with Crippen LogP contribution in [0.25, 0.3) is 11.6 Å². The summed E-state index contributed by atoms with van der Waals surface area (Å²) in [5, 5.41) is 9.30. The molecular weight excluding hydrogens is 286 g/mol. The number of carbonyl (C=O) groups excluding carboxylic acids is 1. The van der Waals surface area contributed by atoms with E-state index in [2.05, 4.69) is 6.07 Å². The van der Waals surface area contributed by atoms with Crippen molar-refractivity contribution in [1.82, 2.24) is 0 Å². The summed E-state index contributed by atoms with van der Waals surface area (Å²) in [5.74, 6) is -0.398. The third-order valence-corrected chi connectivity index (χ3v) is 3.40. The van der Waals surface area contributed by atoms with Gasteiger partial charge in [-0.1, -0.05) is 61.9 Å². The van der Waals surface area contributed by atoms with Gasteiger partial charge >= 0.3 is 5.97 Å². The van der Waals surface area contributed by atoms with Gasteiger partial charge in [-0.05, 0) is 24.1 Å². The van der Waals surface area contributed by atoms with Gasteiger partial charge < -0.3 is 4.74 Å². The average Bonchev–Trinajstić information content (AvgIpc) is 2.60. The van der Waals surface area contributed by atoms with Gasteiger partial charge in [0, 0.05) is 5.56 Å². The highest BCUT2D eigenvalue weighted by molar-refractivity contribution is 6.22. The van der Waals surface area contributed by atoms with Gasteiger partial charge in [0.05, 0.1) is 23.8 Å². The maximum Gasteiger partial charge on any atom is 0.338 e. The molecule has 2 aromatic carbocycles. The first-order valence-corrected chi connectivity index (χ1v) is 7.69. The van der Waals surface area contributed by atoms with Crippen LogP contribution in [0, 0.1) is 11.3 Å². The van der Waals surface area contributed by atoms with E-state index in [-0.39, 0.29) is 0 Å². The molecule has 0 saturated carbocycles. The molecule has 0 aromatic heterocycles. The fraction of sp³-hybridized carbons (Fsp3) is 0.200. The van der Waals surface area contributed by atoms with Crippen molar-refractivity contribution in [3.05, 3.63) is 71.3 Å². The summed E-state index contributed by atoms with van der Waals surface area (Å²) in [4.78, 5) is 12.5. The zero-order chi connectivity index (χ0) is 16.5. The van der Waals surface area contributed by atoms with Gasteiger partial charge in [-0.2, -0.15) is 5.26 Å². The minimum absolute atomic E-state index is 0.385. The van der Waals surface area contributed by atoms with Crippen molar-refractivity contribution in [2.75, 3.05) is 6.61 Å². The number of rotatable bonds is 6. The molecule has 0 saturated heterocycles. The molecule has 0 spiro atoms. The van der Waals surface area contributed by atoms with Crippen molar-refractivity contribution in [1.29, 1.82) is 5.26 Å². The summed E-state index contributed by atoms with van der Waals surface area (Å²) < 4.78 is 5.35. The number of hydrogen-bond acceptors (Lipinski definition) is 3. The van der Waals surface area contributed by atoms with Crippen LogP contribution in [0.2, 0.25) is 0 Å². The molecule has 3 nitrogen and oxygen atoms in total. The molecular formula is C20H19NO2. The Bertz CT molecular complexity index is 727. The molecule has 0 amide bonds. The third-order valence-electron chi connectivity index (χ3n) is 3.40. The van der Waals surface area contributed by atoms with E-state index in [0.717, 1.165) is 18.4 Å². The molecule has 0 atom stereocenters. The Morgan fingerprint density at radius 3 is 2.52 bits per heavy atom. The van der Waals surface area contributed by atoms with Gasteiger partial charge in [-0.3, -0.25) is 0 Å². The summed E-state index contributed by atoms with van der Waals surface area (Å²) in [7, 11) is 0. The smallest absolute Gasteiger partial charge is 0.338 e. The number of carbonyl (C=O) groups is 1. The second-order valence-electron chi connectivity index (χ2n) is 5.12. The predicted molar refractivity (Wildman–Crippen MR) is 91.3 cm³/mol. The molecule has 3 heteroatoms. The highest BCUT2D eigenvalue weighted by Gasteiger charge is 2.16. The largest absolute Gasteiger partial charge is 0.462 e. The minimum atomic E-state index is -0.398. The lowest BCUT2D eigenvalue weighted by Crippen LogP contribution is -2.09. The number of ether oxygens (including phenoxy) is 1. The number of esters is 1. The minimum Gasteiger partial charge on any atom is -0.462 e. The molecule has 0 unspecified atom stereocenters. The zero-order valence-corrected chi connectivity index (χ0v) is 13.2. The Morgan fingerprint density at radius 1 is 1.13 bits per heavy atom. The van der Waals surface area contributed by atoms with Crippen LogP contribution < -0.4 is 0 Å². The van der Waals surface area contributed by atoms with Crippen molar-refractivity contribution in [3.63, 3.8) is 0 Å². The highest BCUT2D eigenvalue weighted by atomic mass is 16.5. The first kappa shape index (κ1) is 16.5. The number of nitriles is 1. The Hall–Kier alpha value is -2.86. The second kappa shape index (κ2) is 8.55. The molecule has 2 rings (SSSR count). The third kappa shape index (κ3) is 4.55. The van der Waals surface area contributed by atoms with E-state index >= 15 is 0 Å². The second-order valence-corrected chi connectivity index (χ2v) is 5.12. The van der Waals surface area contributed by atoms with Gasteiger partial charge in [0.1, 0.15) is 0 Å². The van der Waals surface area contributed by atoms with Crippen molar-refractivity contribution >= 4 is 17.6 Å². The van der Waals surface area contributed by atoms with Crippen molar-refractivity contribution in [2.24, 2.45) is 0 Å². The number of unbranched alkanes of at least 4 members (excludes halogenated alkanes) is 1. The van der Waals surface area contributed by atoms with Crippen LogP contribution in [0.5, 0.6) is 0 Å². The molecule has 0 N–H and O–H groups in total. The average molecular weight is 305 g/mol. The molecule has 0 aliphatic rings. The first-order valence-electron chi connectivity index (χ1n) is 7.69. The maximum atomic E-state index is 12.5. The standard InChI is InChI=1S/C20H19NO2/c1-2-3-13-23-20(22)19(14-16-9-5-4-6-10-16)18-12-8-7-11-17(18)15-21/h4-12,14H,2-3,13H2,1H3/b19-14-. The van der Waals surface area contributed by atoms with E-state index in [0.29, 0.717) is 23.3 Å². The van der Waals surface area contributed by atoms with Gasteiger partial charge in [0.2, 0.25) is 0 Å². The van der Waals surface area contributed by atoms with Gasteiger partial charge in [-0.25, -0.2) is 4.79 Å². The van der Waals surface area contributed by atoms with Crippen LogP contribution in [-0.2, 0) is 9.53 Å². The van der Waals surface area contributed by atoms with Crippen molar-refractivity contribution in [2.45, 2.75) is 19.8 Å². The number of hydrogen-bond donors (Lipinski definition) is 0. The lowest BCUT2D eigenvalue weighted by Gasteiger charge is -2.10. The molecule has 0 fully saturated rings. The molecule has 0 radical (unpaired) electrons. The molecule has 2 aromatic rings. The zero-order valence-electron chi connectivity index (χ0n) is 13.2. The van der Waals surface area contributed by atoms with Crippen molar-refractivity contribution in [3.8, 4) is 6.07 Å². The monoisotopic (exact) mass is 305 g/mol. The summed E-state index contributed by atoms with van der Waals surface area (Å²) >= 11 is 0. The number of nitrogens with zero attached hydrogens (tertiary/aromatic N) is 1. The predicted octanol–water partition coefficient (Wildman–Crippen LogP) is 4.44. The first-order chi connectivity index (χ1) is 11.3. The maximum absolute atomic E-state index is 12.5. The fourth-order valence-electron chi connectivity index (χ4n) is 2.16. The van der Waals surface area contributed by atoms with Crippen LogP contribution in [0.15, 0.2) is 54.6 Å². The Kier molecular flexibility index (Phi) is 6.14. The molecule has 23 heavy (non-hydrogen) atoms. The Labute approximate surface area is 136 Å². The van der Waals surface area contributed by atoms with E-state index in [4.69, 9.17) is 4.74 Å². The van der Waals surface area contributed by atoms with Gasteiger partial charge in [0.25, 0.3) is 0 Å². The summed E-state index contributed by atoms with van der Waals surface area (Å²) in [6, 6.07) is 18.8. The van der Waals surface area contributed by atoms with Crippen LogP contribution in [0.1, 0.15) is 36.5 Å². The van der Waals surface area contributed by atoms with E-state index in [1.54, 1.807) is 24.3 Å². The van der Waals surface area contributed by atoms with E-state index in [1.807, 2.05) is 43.3 Å². The van der Waals surface area contributed by atoms with Crippen LogP contribution in [0.4, 0.5) is 0 Å². The molecule has 0 bridgehead atoms. The van der Waals surface area contributed by atoms with Crippen molar-refractivity contribution < 1.29 is 9.53 Å². The topological polar surface area (TPSA) is 50.1 Å². The lowest BCUT2D eigenvalue weighted by atomic mass is 9.98. The SMILES string of the molecule is CCCCOC(=O)/C(=C\c1ccccc1)c1ccccc1C#N. The molecule has 116 valence electrons. The van der Waals surface area contributed by atoms with E-state index in [1.165, 1.54) is 0 Å². The Balaban J connectivity index is 2.41. The molecule has 0 aliphatic heterocycles. The normalized spacial score (nSPS) is 10.9. The number of benzene rings is 2. The highest BCUT2D eigenvalue weighted by Crippen LogP contribution is 2.23. The van der Waals surface area contributed by atoms with Crippen LogP contribution in [0.3, 0.4) is 0 Å². The van der Waals surface area contributed by atoms with E-state index < -0.39 is 5.97 Å². The summed E-state index contributed by atoms with van der Waals surface area (Å²) in [6.45, 7) is 2.43. The van der Waals surface area contributed by atoms with Crippen LogP contribution in [-0.4, -0.2) is 12.6 Å². The fourth-order valence-corrected chi connectivity index (χ4v) is 2.16. The summed E-state index contributed by atoms with van der Waals surface area (Å²) in [5.41, 5.74) is 2.36. The van der Waals surface area contributed by atoms with Crippen LogP contribution >= 0.6 is 0 Å².